The van der Waals surface area contributed by atoms with Crippen LogP contribution >= 0.6 is 12.2 Å². The molecule has 2 aromatic carbocycles. The van der Waals surface area contributed by atoms with Crippen LogP contribution in [0, 0.1) is 18.6 Å². The molecule has 35 heavy (non-hydrogen) atoms. The van der Waals surface area contributed by atoms with Crippen LogP contribution in [0.5, 0.6) is 5.75 Å². The van der Waals surface area contributed by atoms with Gasteiger partial charge in [-0.25, -0.2) is 0 Å². The number of nitrogens with zero attached hydrogens (tertiary/aromatic N) is 3. The molecule has 182 valence electrons. The number of H-pyrrole nitrogens is 2. The number of fused-ring (bicyclic) bond motifs is 3. The highest BCUT2D eigenvalue weighted by Crippen LogP contribution is 2.26. The van der Waals surface area contributed by atoms with Crippen LogP contribution in [0.4, 0.5) is 5.69 Å². The van der Waals surface area contributed by atoms with E-state index in [0.29, 0.717) is 34.6 Å². The molecule has 0 spiro atoms. The Kier molecular flexibility index (Phi) is 6.10. The van der Waals surface area contributed by atoms with Gasteiger partial charge >= 0.3 is 0 Å². The fourth-order valence-electron chi connectivity index (χ4n) is 4.82. The number of amides is 1. The van der Waals surface area contributed by atoms with Gasteiger partial charge in [-0.1, -0.05) is 12.1 Å². The summed E-state index contributed by atoms with van der Waals surface area (Å²) in [5, 5.41) is 0.840. The number of nitrogens with one attached hydrogen (secondary N) is 2. The van der Waals surface area contributed by atoms with E-state index in [0.717, 1.165) is 24.0 Å². The lowest BCUT2D eigenvalue weighted by atomic mass is 10.1. The predicted molar refractivity (Wildman–Crippen MR) is 141 cm³/mol. The number of aryl methyl sites for hydroxylation is 2. The Morgan fingerprint density at radius 2 is 1.80 bits per heavy atom. The standard InChI is InChI=1S/C26H29N5O3S/c1-16-4-5-17(2)21(14-16)29-10-12-30(13-11-29)22(32)8-9-31-25(33)24-23(28-26(31)35)19-15-18(34-3)6-7-20(19)27-24/h4-7,14-15,27H,8-13H2,1-3H3,(H,28,35). The predicted octanol–water partition coefficient (Wildman–Crippen LogP) is 3.90. The monoisotopic (exact) mass is 491 g/mol. The quantitative estimate of drug-likeness (QED) is 0.414. The van der Waals surface area contributed by atoms with E-state index < -0.39 is 0 Å². The summed E-state index contributed by atoms with van der Waals surface area (Å²) in [6.07, 6.45) is 0.223. The normalized spacial score (nSPS) is 14.1. The summed E-state index contributed by atoms with van der Waals surface area (Å²) >= 11 is 5.49. The highest BCUT2D eigenvalue weighted by molar-refractivity contribution is 7.71. The zero-order valence-corrected chi connectivity index (χ0v) is 21.0. The number of carbonyl (C=O) groups excluding carboxylic acids is 1. The molecule has 8 nitrogen and oxygen atoms in total. The number of hydrogen-bond acceptors (Lipinski definition) is 5. The molecule has 0 radical (unpaired) electrons. The van der Waals surface area contributed by atoms with Crippen molar-refractivity contribution in [3.05, 3.63) is 62.6 Å². The van der Waals surface area contributed by atoms with Crippen LogP contribution in [0.15, 0.2) is 41.2 Å². The molecule has 4 aromatic rings. The summed E-state index contributed by atoms with van der Waals surface area (Å²) < 4.78 is 7.08. The Hall–Kier alpha value is -3.59. The second-order valence-electron chi connectivity index (χ2n) is 9.08. The number of piperazine rings is 1. The molecule has 0 unspecified atom stereocenters. The third-order valence-corrected chi connectivity index (χ3v) is 7.15. The minimum absolute atomic E-state index is 0.0356. The maximum atomic E-state index is 13.2. The van der Waals surface area contributed by atoms with E-state index in [2.05, 4.69) is 46.9 Å². The van der Waals surface area contributed by atoms with E-state index in [4.69, 9.17) is 17.0 Å². The highest BCUT2D eigenvalue weighted by Gasteiger charge is 2.22. The van der Waals surface area contributed by atoms with Crippen molar-refractivity contribution in [2.24, 2.45) is 0 Å². The number of aromatic nitrogens is 3. The van der Waals surface area contributed by atoms with Crippen LogP contribution in [-0.2, 0) is 11.3 Å². The minimum Gasteiger partial charge on any atom is -0.497 e. The lowest BCUT2D eigenvalue weighted by Crippen LogP contribution is -2.49. The molecule has 1 fully saturated rings. The van der Waals surface area contributed by atoms with Crippen molar-refractivity contribution in [2.75, 3.05) is 38.2 Å². The Labute approximate surface area is 208 Å². The van der Waals surface area contributed by atoms with Crippen molar-refractivity contribution in [2.45, 2.75) is 26.8 Å². The van der Waals surface area contributed by atoms with Gasteiger partial charge in [-0.15, -0.1) is 0 Å². The van der Waals surface area contributed by atoms with Crippen molar-refractivity contribution in [1.82, 2.24) is 19.4 Å². The van der Waals surface area contributed by atoms with Crippen molar-refractivity contribution in [3.8, 4) is 5.75 Å². The smallest absolute Gasteiger partial charge is 0.278 e. The van der Waals surface area contributed by atoms with Crippen LogP contribution in [0.2, 0.25) is 0 Å². The van der Waals surface area contributed by atoms with E-state index in [1.165, 1.54) is 21.4 Å². The van der Waals surface area contributed by atoms with Crippen molar-refractivity contribution in [3.63, 3.8) is 0 Å². The van der Waals surface area contributed by atoms with Gasteiger partial charge in [0, 0.05) is 55.7 Å². The van der Waals surface area contributed by atoms with Gasteiger partial charge in [0.25, 0.3) is 5.56 Å². The molecule has 0 bridgehead atoms. The van der Waals surface area contributed by atoms with Gasteiger partial charge in [0.05, 0.1) is 12.6 Å². The third kappa shape index (κ3) is 4.32. The number of carbonyl (C=O) groups is 1. The summed E-state index contributed by atoms with van der Waals surface area (Å²) in [6, 6.07) is 12.0. The number of methoxy groups -OCH3 is 1. The second-order valence-corrected chi connectivity index (χ2v) is 9.47. The molecular formula is C26H29N5O3S. The zero-order chi connectivity index (χ0) is 24.7. The Bertz CT molecular complexity index is 1540. The summed E-state index contributed by atoms with van der Waals surface area (Å²) in [6.45, 7) is 7.36. The summed E-state index contributed by atoms with van der Waals surface area (Å²) in [4.78, 5) is 36.7. The Morgan fingerprint density at radius 1 is 1.03 bits per heavy atom. The largest absolute Gasteiger partial charge is 0.497 e. The van der Waals surface area contributed by atoms with Gasteiger partial charge in [0.15, 0.2) is 4.77 Å². The fraction of sp³-hybridized carbons (Fsp3) is 0.346. The average molecular weight is 492 g/mol. The van der Waals surface area contributed by atoms with E-state index in [-0.39, 0.29) is 24.4 Å². The number of aromatic amines is 2. The highest BCUT2D eigenvalue weighted by atomic mass is 32.1. The topological polar surface area (TPSA) is 86.4 Å². The van der Waals surface area contributed by atoms with E-state index in [1.807, 2.05) is 23.1 Å². The first kappa shape index (κ1) is 23.2. The first-order chi connectivity index (χ1) is 16.9. The van der Waals surface area contributed by atoms with Crippen molar-refractivity contribution >= 4 is 45.7 Å². The Morgan fingerprint density at radius 3 is 2.54 bits per heavy atom. The molecule has 2 aromatic heterocycles. The number of rotatable bonds is 5. The molecule has 0 atom stereocenters. The van der Waals surface area contributed by atoms with E-state index >= 15 is 0 Å². The molecule has 5 rings (SSSR count). The lowest BCUT2D eigenvalue weighted by molar-refractivity contribution is -0.131. The number of hydrogen-bond donors (Lipinski definition) is 2. The molecule has 0 saturated carbocycles. The molecule has 9 heteroatoms. The summed E-state index contributed by atoms with van der Waals surface area (Å²) in [5.41, 5.74) is 5.40. The van der Waals surface area contributed by atoms with E-state index in [1.54, 1.807) is 7.11 Å². The van der Waals surface area contributed by atoms with Gasteiger partial charge in [0.2, 0.25) is 5.91 Å². The lowest BCUT2D eigenvalue weighted by Gasteiger charge is -2.37. The fourth-order valence-corrected chi connectivity index (χ4v) is 5.09. The number of benzene rings is 2. The molecule has 1 saturated heterocycles. The third-order valence-electron chi connectivity index (χ3n) is 6.83. The van der Waals surface area contributed by atoms with Gasteiger partial charge in [-0.2, -0.15) is 0 Å². The minimum atomic E-state index is -0.230. The zero-order valence-electron chi connectivity index (χ0n) is 20.2. The average Bonchev–Trinajstić information content (AvgIpc) is 3.23. The molecule has 0 aliphatic carbocycles. The first-order valence-corrected chi connectivity index (χ1v) is 12.2. The number of ether oxygens (including phenoxy) is 1. The number of anilines is 1. The summed E-state index contributed by atoms with van der Waals surface area (Å²) in [5.74, 6) is 0.735. The second kappa shape index (κ2) is 9.22. The van der Waals surface area contributed by atoms with Crippen LogP contribution in [0.1, 0.15) is 17.5 Å². The van der Waals surface area contributed by atoms with Gasteiger partial charge < -0.3 is 24.5 Å². The molecule has 3 heterocycles. The van der Waals surface area contributed by atoms with Gasteiger partial charge in [-0.3, -0.25) is 14.2 Å². The first-order valence-electron chi connectivity index (χ1n) is 11.8. The SMILES string of the molecule is COc1ccc2[nH]c3c(=O)n(CCC(=O)N4CCN(c5cc(C)ccc5C)CC4)c(=S)[nH]c3c2c1. The van der Waals surface area contributed by atoms with Crippen LogP contribution in [0.25, 0.3) is 21.9 Å². The molecule has 1 aliphatic rings. The molecule has 2 N–H and O–H groups in total. The van der Waals surface area contributed by atoms with Crippen LogP contribution < -0.4 is 15.2 Å². The van der Waals surface area contributed by atoms with Gasteiger partial charge in [-0.05, 0) is 61.5 Å². The van der Waals surface area contributed by atoms with Gasteiger partial charge in [0.1, 0.15) is 11.3 Å². The molecule has 1 amide bonds. The summed E-state index contributed by atoms with van der Waals surface area (Å²) in [7, 11) is 1.60. The Balaban J connectivity index is 1.29. The van der Waals surface area contributed by atoms with Crippen molar-refractivity contribution < 1.29 is 9.53 Å². The van der Waals surface area contributed by atoms with Crippen molar-refractivity contribution in [1.29, 1.82) is 0 Å². The van der Waals surface area contributed by atoms with Crippen LogP contribution in [0.3, 0.4) is 0 Å². The van der Waals surface area contributed by atoms with E-state index in [9.17, 15) is 9.59 Å². The van der Waals surface area contributed by atoms with Crippen LogP contribution in [-0.4, -0.2) is 58.6 Å². The molecular weight excluding hydrogens is 462 g/mol. The maximum Gasteiger partial charge on any atom is 0.278 e. The molecule has 1 aliphatic heterocycles. The maximum absolute atomic E-state index is 13.2.